The normalized spacial score (nSPS) is 19.6. The summed E-state index contributed by atoms with van der Waals surface area (Å²) in [5.41, 5.74) is 1.32. The molecule has 1 aliphatic heterocycles. The molecule has 1 fully saturated rings. The molecule has 1 aliphatic rings. The predicted molar refractivity (Wildman–Crippen MR) is 107 cm³/mol. The van der Waals surface area contributed by atoms with Crippen LogP contribution in [0.15, 0.2) is 54.6 Å². The molecular weight excluding hydrogens is 373 g/mol. The Balaban J connectivity index is 1.74. The average Bonchev–Trinajstić information content (AvgIpc) is 3.15. The molecule has 3 rings (SSSR count). The molecule has 7 heteroatoms. The van der Waals surface area contributed by atoms with E-state index in [1.165, 1.54) is 11.0 Å². The number of aliphatic hydroxyl groups excluding tert-OH is 1. The molecule has 0 radical (unpaired) electrons. The first-order valence-corrected chi connectivity index (χ1v) is 9.68. The maximum Gasteiger partial charge on any atom is 0.245 e. The van der Waals surface area contributed by atoms with Crippen LogP contribution in [0, 0.1) is 5.82 Å². The zero-order valence-electron chi connectivity index (χ0n) is 16.3. The Bertz CT molecular complexity index is 846. The monoisotopic (exact) mass is 399 g/mol. The number of likely N-dealkylation sites (N-methyl/N-ethyl adjacent to an activating group) is 1. The second kappa shape index (κ2) is 9.62. The van der Waals surface area contributed by atoms with E-state index in [-0.39, 0.29) is 24.7 Å². The fourth-order valence-electron chi connectivity index (χ4n) is 3.47. The maximum atomic E-state index is 14.2. The lowest BCUT2D eigenvalue weighted by atomic mass is 10.0. The number of hydrogen-bond acceptors (Lipinski definition) is 4. The highest BCUT2D eigenvalue weighted by atomic mass is 19.1. The van der Waals surface area contributed by atoms with Crippen LogP contribution >= 0.6 is 0 Å². The molecule has 0 aromatic heterocycles. The van der Waals surface area contributed by atoms with Crippen molar-refractivity contribution in [1.29, 1.82) is 0 Å². The third-order valence-corrected chi connectivity index (χ3v) is 5.06. The van der Waals surface area contributed by atoms with E-state index in [0.29, 0.717) is 18.7 Å². The Kier molecular flexibility index (Phi) is 6.95. The smallest absolute Gasteiger partial charge is 0.245 e. The molecule has 3 atom stereocenters. The highest BCUT2D eigenvalue weighted by Gasteiger charge is 2.32. The van der Waals surface area contributed by atoms with Crippen molar-refractivity contribution in [2.45, 2.75) is 37.6 Å². The van der Waals surface area contributed by atoms with E-state index < -0.39 is 24.0 Å². The van der Waals surface area contributed by atoms with Crippen LogP contribution in [0.3, 0.4) is 0 Å². The van der Waals surface area contributed by atoms with Gasteiger partial charge in [0.05, 0.1) is 12.1 Å². The number of carbonyl (C=O) groups excluding carboxylic acids is 2. The maximum absolute atomic E-state index is 14.2. The predicted octanol–water partition coefficient (Wildman–Crippen LogP) is 1.23. The van der Waals surface area contributed by atoms with Gasteiger partial charge in [-0.1, -0.05) is 48.5 Å². The minimum atomic E-state index is -0.910. The Morgan fingerprint density at radius 2 is 1.90 bits per heavy atom. The van der Waals surface area contributed by atoms with E-state index >= 15 is 0 Å². The quantitative estimate of drug-likeness (QED) is 0.654. The lowest BCUT2D eigenvalue weighted by Crippen LogP contribution is -2.52. The highest BCUT2D eigenvalue weighted by Crippen LogP contribution is 2.13. The van der Waals surface area contributed by atoms with Gasteiger partial charge in [-0.05, 0) is 23.6 Å². The number of hydrogen-bond donors (Lipinski definition) is 3. The Hall–Kier alpha value is -2.77. The van der Waals surface area contributed by atoms with E-state index in [1.54, 1.807) is 25.2 Å². The molecule has 1 heterocycles. The molecular formula is C22H26FN3O3. The molecule has 154 valence electrons. The van der Waals surface area contributed by atoms with E-state index in [1.807, 2.05) is 30.3 Å². The molecule has 1 saturated heterocycles. The van der Waals surface area contributed by atoms with Crippen LogP contribution in [0.5, 0.6) is 0 Å². The molecule has 2 aromatic rings. The van der Waals surface area contributed by atoms with Gasteiger partial charge < -0.3 is 20.6 Å². The van der Waals surface area contributed by atoms with Crippen LogP contribution in [0.2, 0.25) is 0 Å². The van der Waals surface area contributed by atoms with Gasteiger partial charge in [0.25, 0.3) is 0 Å². The lowest BCUT2D eigenvalue weighted by molar-refractivity contribution is -0.136. The van der Waals surface area contributed by atoms with Gasteiger partial charge in [0.2, 0.25) is 11.8 Å². The van der Waals surface area contributed by atoms with Crippen LogP contribution in [-0.4, -0.2) is 53.6 Å². The fraction of sp³-hybridized carbons (Fsp3) is 0.364. The molecule has 6 nitrogen and oxygen atoms in total. The Labute approximate surface area is 169 Å². The molecule has 2 aromatic carbocycles. The van der Waals surface area contributed by atoms with Crippen molar-refractivity contribution in [2.24, 2.45) is 0 Å². The van der Waals surface area contributed by atoms with E-state index in [2.05, 4.69) is 10.6 Å². The van der Waals surface area contributed by atoms with Crippen LogP contribution < -0.4 is 10.6 Å². The number of nitrogens with zero attached hydrogens (tertiary/aromatic N) is 1. The van der Waals surface area contributed by atoms with Crippen molar-refractivity contribution in [2.75, 3.05) is 13.6 Å². The number of aliphatic hydroxyl groups is 1. The van der Waals surface area contributed by atoms with Crippen LogP contribution in [0.4, 0.5) is 4.39 Å². The van der Waals surface area contributed by atoms with Crippen molar-refractivity contribution in [3.05, 3.63) is 71.5 Å². The standard InChI is InChI=1S/C22H26FN3O3/c1-26(14-15-7-3-2-4-8-15)22(29)20(11-16-9-5-6-10-18(16)23)25-21(28)19-12-17(27)13-24-19/h2-10,17,19-20,24,27H,11-14H2,1H3,(H,25,28)/t17-,19+,20+/m1/s1. The summed E-state index contributed by atoms with van der Waals surface area (Å²) < 4.78 is 14.2. The zero-order valence-corrected chi connectivity index (χ0v) is 16.3. The summed E-state index contributed by atoms with van der Waals surface area (Å²) in [5.74, 6) is -1.09. The molecule has 29 heavy (non-hydrogen) atoms. The third-order valence-electron chi connectivity index (χ3n) is 5.06. The minimum absolute atomic E-state index is 0.0473. The lowest BCUT2D eigenvalue weighted by Gasteiger charge is -2.26. The van der Waals surface area contributed by atoms with Gasteiger partial charge in [-0.3, -0.25) is 9.59 Å². The number of nitrogens with one attached hydrogen (secondary N) is 2. The largest absolute Gasteiger partial charge is 0.392 e. The number of β-amino-alcohol motifs (C(OH)–C–C–N with tert-alkyl or cyclic N) is 1. The van der Waals surface area contributed by atoms with Crippen LogP contribution in [0.25, 0.3) is 0 Å². The second-order valence-electron chi connectivity index (χ2n) is 7.39. The van der Waals surface area contributed by atoms with Crippen molar-refractivity contribution in [1.82, 2.24) is 15.5 Å². The van der Waals surface area contributed by atoms with Crippen molar-refractivity contribution in [3.8, 4) is 0 Å². The van der Waals surface area contributed by atoms with Gasteiger partial charge in [0, 0.05) is 26.6 Å². The van der Waals surface area contributed by atoms with E-state index in [0.717, 1.165) is 5.56 Å². The third kappa shape index (κ3) is 5.62. The first-order valence-electron chi connectivity index (χ1n) is 9.68. The number of rotatable bonds is 7. The molecule has 0 saturated carbocycles. The molecule has 0 unspecified atom stereocenters. The molecule has 3 N–H and O–H groups in total. The number of amides is 2. The average molecular weight is 399 g/mol. The van der Waals surface area contributed by atoms with Crippen molar-refractivity contribution < 1.29 is 19.1 Å². The Morgan fingerprint density at radius 1 is 1.21 bits per heavy atom. The summed E-state index contributed by atoms with van der Waals surface area (Å²) >= 11 is 0. The van der Waals surface area contributed by atoms with Crippen molar-refractivity contribution in [3.63, 3.8) is 0 Å². The van der Waals surface area contributed by atoms with Crippen LogP contribution in [0.1, 0.15) is 17.5 Å². The summed E-state index contributed by atoms with van der Waals surface area (Å²) in [4.78, 5) is 27.2. The van der Waals surface area contributed by atoms with Gasteiger partial charge in [0.1, 0.15) is 11.9 Å². The first-order chi connectivity index (χ1) is 13.9. The van der Waals surface area contributed by atoms with Gasteiger partial charge in [-0.25, -0.2) is 4.39 Å². The molecule has 0 bridgehead atoms. The fourth-order valence-corrected chi connectivity index (χ4v) is 3.47. The number of halogens is 1. The Morgan fingerprint density at radius 3 is 2.55 bits per heavy atom. The number of benzene rings is 2. The van der Waals surface area contributed by atoms with Gasteiger partial charge in [-0.15, -0.1) is 0 Å². The molecule has 0 aliphatic carbocycles. The summed E-state index contributed by atoms with van der Waals surface area (Å²) in [6.45, 7) is 0.710. The van der Waals surface area contributed by atoms with Gasteiger partial charge in [-0.2, -0.15) is 0 Å². The minimum Gasteiger partial charge on any atom is -0.392 e. The molecule has 2 amide bonds. The van der Waals surface area contributed by atoms with Gasteiger partial charge >= 0.3 is 0 Å². The van der Waals surface area contributed by atoms with Crippen LogP contribution in [-0.2, 0) is 22.6 Å². The summed E-state index contributed by atoms with van der Waals surface area (Å²) in [6.07, 6.45) is -0.259. The second-order valence-corrected chi connectivity index (χ2v) is 7.39. The topological polar surface area (TPSA) is 81.7 Å². The van der Waals surface area contributed by atoms with Gasteiger partial charge in [0.15, 0.2) is 0 Å². The highest BCUT2D eigenvalue weighted by molar-refractivity contribution is 5.90. The number of carbonyl (C=O) groups is 2. The zero-order chi connectivity index (χ0) is 20.8. The van der Waals surface area contributed by atoms with E-state index in [9.17, 15) is 19.1 Å². The summed E-state index contributed by atoms with van der Waals surface area (Å²) in [6, 6.07) is 14.3. The van der Waals surface area contributed by atoms with E-state index in [4.69, 9.17) is 0 Å². The SMILES string of the molecule is CN(Cc1ccccc1)C(=O)[C@H](Cc1ccccc1F)NC(=O)[C@@H]1C[C@@H](O)CN1. The summed E-state index contributed by atoms with van der Waals surface area (Å²) in [7, 11) is 1.66. The molecule has 0 spiro atoms. The van der Waals surface area contributed by atoms with Crippen molar-refractivity contribution >= 4 is 11.8 Å². The first kappa shape index (κ1) is 21.0. The summed E-state index contributed by atoms with van der Waals surface area (Å²) in [5, 5.41) is 15.3.